The van der Waals surface area contributed by atoms with Gasteiger partial charge in [0.2, 0.25) is 0 Å². The lowest BCUT2D eigenvalue weighted by Gasteiger charge is -2.04. The van der Waals surface area contributed by atoms with Crippen LogP contribution in [0.4, 0.5) is 8.78 Å². The fourth-order valence-electron chi connectivity index (χ4n) is 0.796. The molecule has 0 bridgehead atoms. The van der Waals surface area contributed by atoms with E-state index < -0.39 is 12.0 Å². The maximum atomic E-state index is 12.9. The molecule has 0 amide bonds. The van der Waals surface area contributed by atoms with Crippen LogP contribution in [-0.4, -0.2) is 5.33 Å². The highest BCUT2D eigenvalue weighted by atomic mass is 79.9. The van der Waals surface area contributed by atoms with Crippen molar-refractivity contribution in [3.05, 3.63) is 34.1 Å². The highest BCUT2D eigenvalue weighted by molar-refractivity contribution is 9.10. The molecule has 0 saturated heterocycles. The summed E-state index contributed by atoms with van der Waals surface area (Å²) in [6.07, 6.45) is -1.15. The van der Waals surface area contributed by atoms with Crippen molar-refractivity contribution in [3.8, 4) is 0 Å². The Balaban J connectivity index is 2.96. The van der Waals surface area contributed by atoms with Crippen LogP contribution in [0.5, 0.6) is 0 Å². The number of rotatable bonds is 2. The maximum absolute atomic E-state index is 12.9. The van der Waals surface area contributed by atoms with Crippen molar-refractivity contribution in [2.45, 2.75) is 6.17 Å². The minimum atomic E-state index is -1.15. The van der Waals surface area contributed by atoms with Crippen LogP contribution in [0, 0.1) is 5.82 Å². The fraction of sp³-hybridized carbons (Fsp3) is 0.250. The Hall–Kier alpha value is 0.0400. The largest absolute Gasteiger partial charge is 0.241 e. The summed E-state index contributed by atoms with van der Waals surface area (Å²) in [6, 6.07) is 4.25. The Kier molecular flexibility index (Phi) is 3.65. The highest BCUT2D eigenvalue weighted by Gasteiger charge is 2.09. The normalized spacial score (nSPS) is 13.0. The lowest BCUT2D eigenvalue weighted by Crippen LogP contribution is -1.93. The molecule has 4 heteroatoms. The second kappa shape index (κ2) is 4.33. The number of alkyl halides is 2. The van der Waals surface area contributed by atoms with Crippen molar-refractivity contribution in [3.63, 3.8) is 0 Å². The van der Waals surface area contributed by atoms with E-state index in [-0.39, 0.29) is 5.33 Å². The van der Waals surface area contributed by atoms with Gasteiger partial charge in [0.1, 0.15) is 12.0 Å². The molecule has 0 radical (unpaired) electrons. The fourth-order valence-corrected chi connectivity index (χ4v) is 1.42. The zero-order valence-corrected chi connectivity index (χ0v) is 9.20. The van der Waals surface area contributed by atoms with Gasteiger partial charge in [-0.2, -0.15) is 0 Å². The first-order valence-corrected chi connectivity index (χ1v) is 5.21. The molecule has 1 unspecified atom stereocenters. The van der Waals surface area contributed by atoms with Gasteiger partial charge >= 0.3 is 0 Å². The molecule has 0 fully saturated rings. The van der Waals surface area contributed by atoms with Crippen LogP contribution >= 0.6 is 31.9 Å². The zero-order valence-electron chi connectivity index (χ0n) is 6.03. The molecule has 0 N–H and O–H groups in total. The first kappa shape index (κ1) is 10.1. The van der Waals surface area contributed by atoms with E-state index in [9.17, 15) is 8.78 Å². The van der Waals surface area contributed by atoms with Gasteiger partial charge in [0.25, 0.3) is 0 Å². The molecule has 1 rings (SSSR count). The van der Waals surface area contributed by atoms with Gasteiger partial charge in [0.05, 0.1) is 4.47 Å². The maximum Gasteiger partial charge on any atom is 0.137 e. The molecular formula is C8H6Br2F2. The Morgan fingerprint density at radius 2 is 2.08 bits per heavy atom. The van der Waals surface area contributed by atoms with E-state index in [0.717, 1.165) is 0 Å². The van der Waals surface area contributed by atoms with Crippen molar-refractivity contribution >= 4 is 31.9 Å². The van der Waals surface area contributed by atoms with Crippen LogP contribution in [0.2, 0.25) is 0 Å². The van der Waals surface area contributed by atoms with Gasteiger partial charge < -0.3 is 0 Å². The third kappa shape index (κ3) is 2.26. The molecule has 1 aromatic rings. The van der Waals surface area contributed by atoms with Gasteiger partial charge in [0, 0.05) is 5.33 Å². The molecule has 0 aliphatic rings. The summed E-state index contributed by atoms with van der Waals surface area (Å²) < 4.78 is 26.1. The summed E-state index contributed by atoms with van der Waals surface area (Å²) >= 11 is 5.98. The summed E-state index contributed by atoms with van der Waals surface area (Å²) in [5, 5.41) is 0.189. The average molecular weight is 300 g/mol. The van der Waals surface area contributed by atoms with Crippen LogP contribution in [0.15, 0.2) is 22.7 Å². The van der Waals surface area contributed by atoms with E-state index in [2.05, 4.69) is 31.9 Å². The van der Waals surface area contributed by atoms with Gasteiger partial charge in [0.15, 0.2) is 0 Å². The summed E-state index contributed by atoms with van der Waals surface area (Å²) in [7, 11) is 0. The molecule has 66 valence electrons. The SMILES string of the molecule is Fc1cc(C(F)CBr)ccc1Br. The molecule has 12 heavy (non-hydrogen) atoms. The second-order valence-electron chi connectivity index (χ2n) is 2.30. The van der Waals surface area contributed by atoms with Crippen LogP contribution in [0.3, 0.4) is 0 Å². The minimum Gasteiger partial charge on any atom is -0.241 e. The number of benzene rings is 1. The summed E-state index contributed by atoms with van der Waals surface area (Å²) in [5.74, 6) is -0.434. The van der Waals surface area contributed by atoms with Crippen LogP contribution < -0.4 is 0 Å². The van der Waals surface area contributed by atoms with Crippen molar-refractivity contribution in [2.75, 3.05) is 5.33 Å². The highest BCUT2D eigenvalue weighted by Crippen LogP contribution is 2.23. The first-order chi connectivity index (χ1) is 5.65. The van der Waals surface area contributed by atoms with Gasteiger partial charge in [-0.05, 0) is 33.6 Å². The van der Waals surface area contributed by atoms with Crippen molar-refractivity contribution < 1.29 is 8.78 Å². The summed E-state index contributed by atoms with van der Waals surface area (Å²) in [6.45, 7) is 0. The molecule has 0 heterocycles. The van der Waals surface area contributed by atoms with E-state index >= 15 is 0 Å². The second-order valence-corrected chi connectivity index (χ2v) is 3.80. The van der Waals surface area contributed by atoms with Gasteiger partial charge in [-0.3, -0.25) is 0 Å². The van der Waals surface area contributed by atoms with E-state index in [1.54, 1.807) is 6.07 Å². The van der Waals surface area contributed by atoms with Gasteiger partial charge in [-0.15, -0.1) is 0 Å². The zero-order chi connectivity index (χ0) is 9.14. The standard InChI is InChI=1S/C8H6Br2F2/c9-4-8(12)5-1-2-6(10)7(11)3-5/h1-3,8H,4H2. The number of hydrogen-bond donors (Lipinski definition) is 0. The van der Waals surface area contributed by atoms with E-state index in [4.69, 9.17) is 0 Å². The minimum absolute atomic E-state index is 0.189. The molecule has 1 aromatic carbocycles. The Morgan fingerprint density at radius 1 is 1.42 bits per heavy atom. The predicted octanol–water partition coefficient (Wildman–Crippen LogP) is 3.99. The predicted molar refractivity (Wildman–Crippen MR) is 51.7 cm³/mol. The molecule has 0 aliphatic carbocycles. The molecule has 0 aromatic heterocycles. The van der Waals surface area contributed by atoms with Crippen LogP contribution in [-0.2, 0) is 0 Å². The van der Waals surface area contributed by atoms with E-state index in [1.165, 1.54) is 12.1 Å². The Morgan fingerprint density at radius 3 is 2.58 bits per heavy atom. The first-order valence-electron chi connectivity index (χ1n) is 3.30. The van der Waals surface area contributed by atoms with Crippen molar-refractivity contribution in [1.29, 1.82) is 0 Å². The molecule has 0 spiro atoms. The molecule has 0 nitrogen and oxygen atoms in total. The van der Waals surface area contributed by atoms with Crippen molar-refractivity contribution in [2.24, 2.45) is 0 Å². The molecule has 1 atom stereocenters. The quantitative estimate of drug-likeness (QED) is 0.724. The lowest BCUT2D eigenvalue weighted by molar-refractivity contribution is 0.381. The average Bonchev–Trinajstić information content (AvgIpc) is 2.08. The third-order valence-electron chi connectivity index (χ3n) is 1.44. The van der Waals surface area contributed by atoms with Crippen LogP contribution in [0.25, 0.3) is 0 Å². The van der Waals surface area contributed by atoms with Crippen LogP contribution in [0.1, 0.15) is 11.7 Å². The summed E-state index contributed by atoms with van der Waals surface area (Å²) in [5.41, 5.74) is 0.354. The number of hydrogen-bond acceptors (Lipinski definition) is 0. The molecule has 0 aliphatic heterocycles. The third-order valence-corrected chi connectivity index (χ3v) is 2.65. The van der Waals surface area contributed by atoms with E-state index in [0.29, 0.717) is 10.0 Å². The smallest absolute Gasteiger partial charge is 0.137 e. The lowest BCUT2D eigenvalue weighted by atomic mass is 10.1. The topological polar surface area (TPSA) is 0 Å². The Bertz CT molecular complexity index is 276. The number of halogens is 4. The van der Waals surface area contributed by atoms with E-state index in [1.807, 2.05) is 0 Å². The summed E-state index contributed by atoms with van der Waals surface area (Å²) in [4.78, 5) is 0. The van der Waals surface area contributed by atoms with Gasteiger partial charge in [-0.1, -0.05) is 22.0 Å². The monoisotopic (exact) mass is 298 g/mol. The van der Waals surface area contributed by atoms with Gasteiger partial charge in [-0.25, -0.2) is 8.78 Å². The molecular weight excluding hydrogens is 294 g/mol. The van der Waals surface area contributed by atoms with Crippen molar-refractivity contribution in [1.82, 2.24) is 0 Å². The Labute approximate surface area is 86.2 Å². The molecule has 0 saturated carbocycles.